The van der Waals surface area contributed by atoms with Gasteiger partial charge in [-0.1, -0.05) is 25.5 Å². The van der Waals surface area contributed by atoms with Crippen molar-refractivity contribution < 1.29 is 14.6 Å². The summed E-state index contributed by atoms with van der Waals surface area (Å²) in [6, 6.07) is 4.31. The van der Waals surface area contributed by atoms with Gasteiger partial charge < -0.3 is 9.84 Å². The Hall–Kier alpha value is -1.77. The Kier molecular flexibility index (Phi) is 4.82. The lowest BCUT2D eigenvalue weighted by atomic mass is 9.55. The van der Waals surface area contributed by atoms with E-state index in [1.54, 1.807) is 6.08 Å². The normalized spacial score (nSPS) is 33.3. The molecule has 0 aromatic heterocycles. The Morgan fingerprint density at radius 2 is 2.07 bits per heavy atom. The SMILES string of the molecule is CCOC(=O)/C=C1/CCC2C3CCc4cc(O)c(CC)cc4C3CC[C@]12C. The molecule has 0 radical (unpaired) electrons. The summed E-state index contributed by atoms with van der Waals surface area (Å²) in [5.74, 6) is 2.26. The van der Waals surface area contributed by atoms with E-state index in [2.05, 4.69) is 19.9 Å². The molecule has 2 fully saturated rings. The van der Waals surface area contributed by atoms with Gasteiger partial charge in [0.25, 0.3) is 0 Å². The van der Waals surface area contributed by atoms with E-state index >= 15 is 0 Å². The molecule has 4 atom stereocenters. The lowest BCUT2D eigenvalue weighted by Gasteiger charge is -2.49. The van der Waals surface area contributed by atoms with Crippen molar-refractivity contribution in [2.24, 2.45) is 17.3 Å². The molecule has 3 aliphatic rings. The molecule has 4 rings (SSSR count). The van der Waals surface area contributed by atoms with Gasteiger partial charge in [-0.05, 0) is 97.8 Å². The molecule has 0 saturated heterocycles. The largest absolute Gasteiger partial charge is 0.508 e. The number of hydrogen-bond acceptors (Lipinski definition) is 3. The summed E-state index contributed by atoms with van der Waals surface area (Å²) in [7, 11) is 0. The van der Waals surface area contributed by atoms with Crippen LogP contribution in [0.25, 0.3) is 0 Å². The summed E-state index contributed by atoms with van der Waals surface area (Å²) in [6.07, 6.45) is 9.50. The van der Waals surface area contributed by atoms with Gasteiger partial charge >= 0.3 is 5.97 Å². The van der Waals surface area contributed by atoms with E-state index in [4.69, 9.17) is 4.74 Å². The predicted molar refractivity (Wildman–Crippen MR) is 107 cm³/mol. The quantitative estimate of drug-likeness (QED) is 0.582. The number of hydrogen-bond donors (Lipinski definition) is 1. The molecule has 1 N–H and O–H groups in total. The average molecular weight is 369 g/mol. The lowest BCUT2D eigenvalue weighted by molar-refractivity contribution is -0.137. The Labute approximate surface area is 162 Å². The first-order valence-electron chi connectivity index (χ1n) is 10.7. The van der Waals surface area contributed by atoms with Crippen LogP contribution in [0.1, 0.15) is 75.5 Å². The molecular formula is C24H32O3. The van der Waals surface area contributed by atoms with Crippen molar-refractivity contribution >= 4 is 5.97 Å². The highest BCUT2D eigenvalue weighted by Crippen LogP contribution is 2.63. The van der Waals surface area contributed by atoms with Crippen molar-refractivity contribution in [2.75, 3.05) is 6.61 Å². The number of aryl methyl sites for hydroxylation is 2. The Bertz CT molecular complexity index is 778. The van der Waals surface area contributed by atoms with Crippen LogP contribution in [-0.2, 0) is 22.4 Å². The van der Waals surface area contributed by atoms with E-state index in [-0.39, 0.29) is 11.4 Å². The minimum absolute atomic E-state index is 0.149. The molecule has 0 spiro atoms. The monoisotopic (exact) mass is 368 g/mol. The Morgan fingerprint density at radius 3 is 2.81 bits per heavy atom. The molecule has 27 heavy (non-hydrogen) atoms. The Morgan fingerprint density at radius 1 is 1.26 bits per heavy atom. The van der Waals surface area contributed by atoms with Crippen molar-refractivity contribution in [2.45, 2.75) is 71.6 Å². The van der Waals surface area contributed by atoms with Crippen LogP contribution in [0.15, 0.2) is 23.8 Å². The van der Waals surface area contributed by atoms with Gasteiger partial charge in [0, 0.05) is 6.08 Å². The van der Waals surface area contributed by atoms with Gasteiger partial charge in [0.2, 0.25) is 0 Å². The highest BCUT2D eigenvalue weighted by Gasteiger charge is 2.52. The third kappa shape index (κ3) is 2.99. The van der Waals surface area contributed by atoms with E-state index < -0.39 is 0 Å². The number of rotatable bonds is 3. The van der Waals surface area contributed by atoms with Crippen molar-refractivity contribution in [1.82, 2.24) is 0 Å². The van der Waals surface area contributed by atoms with Crippen LogP contribution in [0.3, 0.4) is 0 Å². The first kappa shape index (κ1) is 18.6. The maximum Gasteiger partial charge on any atom is 0.330 e. The van der Waals surface area contributed by atoms with Crippen LogP contribution < -0.4 is 0 Å². The van der Waals surface area contributed by atoms with Gasteiger partial charge in [0.05, 0.1) is 6.61 Å². The number of phenolic OH excluding ortho intramolecular Hbond substituents is 1. The maximum atomic E-state index is 12.0. The highest BCUT2D eigenvalue weighted by atomic mass is 16.5. The van der Waals surface area contributed by atoms with Gasteiger partial charge in [-0.2, -0.15) is 0 Å². The number of phenols is 1. The fraction of sp³-hybridized carbons (Fsp3) is 0.625. The number of carbonyl (C=O) groups is 1. The van der Waals surface area contributed by atoms with Gasteiger partial charge in [0.1, 0.15) is 5.75 Å². The van der Waals surface area contributed by atoms with Crippen molar-refractivity contribution in [3.63, 3.8) is 0 Å². The van der Waals surface area contributed by atoms with E-state index in [1.807, 2.05) is 13.0 Å². The summed E-state index contributed by atoms with van der Waals surface area (Å²) in [4.78, 5) is 12.0. The summed E-state index contributed by atoms with van der Waals surface area (Å²) in [5.41, 5.74) is 5.39. The zero-order valence-corrected chi connectivity index (χ0v) is 16.9. The fourth-order valence-corrected chi connectivity index (χ4v) is 6.35. The second-order valence-corrected chi connectivity index (χ2v) is 8.87. The molecular weight excluding hydrogens is 336 g/mol. The molecule has 3 aliphatic carbocycles. The third-order valence-electron chi connectivity index (χ3n) is 7.73. The number of allylic oxidation sites excluding steroid dienone is 1. The molecule has 0 bridgehead atoms. The number of benzene rings is 1. The van der Waals surface area contributed by atoms with Crippen molar-refractivity contribution in [3.8, 4) is 5.75 Å². The summed E-state index contributed by atoms with van der Waals surface area (Å²) in [5, 5.41) is 10.3. The smallest absolute Gasteiger partial charge is 0.330 e. The van der Waals surface area contributed by atoms with Crippen LogP contribution in [0.4, 0.5) is 0 Å². The van der Waals surface area contributed by atoms with Crippen molar-refractivity contribution in [3.05, 3.63) is 40.5 Å². The molecule has 1 aromatic rings. The van der Waals surface area contributed by atoms with E-state index in [9.17, 15) is 9.90 Å². The van der Waals surface area contributed by atoms with E-state index in [0.29, 0.717) is 30.1 Å². The number of ether oxygens (including phenoxy) is 1. The standard InChI is InChI=1S/C24H32O3/c1-4-15-12-20-16(13-22(15)25)6-8-19-18(20)10-11-24(3)17(7-9-21(19)24)14-23(26)27-5-2/h12-14,18-19,21,25H,4-11H2,1-3H3/b17-14-/t18?,19?,21?,24-/m1/s1. The fourth-order valence-electron chi connectivity index (χ4n) is 6.35. The lowest BCUT2D eigenvalue weighted by Crippen LogP contribution is -2.40. The van der Waals surface area contributed by atoms with Gasteiger partial charge in [-0.25, -0.2) is 4.79 Å². The summed E-state index contributed by atoms with van der Waals surface area (Å²) >= 11 is 0. The zero-order chi connectivity index (χ0) is 19.2. The van der Waals surface area contributed by atoms with Crippen LogP contribution >= 0.6 is 0 Å². The molecule has 0 aliphatic heterocycles. The average Bonchev–Trinajstić information content (AvgIpc) is 2.97. The van der Waals surface area contributed by atoms with Crippen LogP contribution in [0.2, 0.25) is 0 Å². The molecule has 146 valence electrons. The Balaban J connectivity index is 1.64. The number of fused-ring (bicyclic) bond motifs is 5. The minimum atomic E-state index is -0.173. The first-order chi connectivity index (χ1) is 13.0. The number of carbonyl (C=O) groups excluding carboxylic acids is 1. The second-order valence-electron chi connectivity index (χ2n) is 8.87. The molecule has 1 aromatic carbocycles. The molecule has 3 nitrogen and oxygen atoms in total. The van der Waals surface area contributed by atoms with Crippen molar-refractivity contribution in [1.29, 1.82) is 0 Å². The summed E-state index contributed by atoms with van der Waals surface area (Å²) in [6.45, 7) is 6.80. The number of esters is 1. The van der Waals surface area contributed by atoms with E-state index in [0.717, 1.165) is 31.2 Å². The van der Waals surface area contributed by atoms with Crippen LogP contribution in [0, 0.1) is 17.3 Å². The third-order valence-corrected chi connectivity index (χ3v) is 7.73. The molecule has 0 amide bonds. The number of aromatic hydroxyl groups is 1. The predicted octanol–water partition coefficient (Wildman–Crippen LogP) is 5.30. The molecule has 0 heterocycles. The zero-order valence-electron chi connectivity index (χ0n) is 16.9. The molecule has 2 saturated carbocycles. The van der Waals surface area contributed by atoms with Gasteiger partial charge in [-0.3, -0.25) is 0 Å². The van der Waals surface area contributed by atoms with E-state index in [1.165, 1.54) is 36.0 Å². The van der Waals surface area contributed by atoms with Gasteiger partial charge in [0.15, 0.2) is 0 Å². The highest BCUT2D eigenvalue weighted by molar-refractivity contribution is 5.83. The van der Waals surface area contributed by atoms with Crippen LogP contribution in [-0.4, -0.2) is 17.7 Å². The topological polar surface area (TPSA) is 46.5 Å². The maximum absolute atomic E-state index is 12.0. The van der Waals surface area contributed by atoms with Gasteiger partial charge in [-0.15, -0.1) is 0 Å². The second kappa shape index (κ2) is 7.00. The van der Waals surface area contributed by atoms with Crippen LogP contribution in [0.5, 0.6) is 5.75 Å². The molecule has 3 unspecified atom stereocenters. The summed E-state index contributed by atoms with van der Waals surface area (Å²) < 4.78 is 5.18. The minimum Gasteiger partial charge on any atom is -0.508 e. The first-order valence-corrected chi connectivity index (χ1v) is 10.7. The molecule has 3 heteroatoms.